The van der Waals surface area contributed by atoms with E-state index in [1.807, 2.05) is 6.92 Å². The van der Waals surface area contributed by atoms with E-state index in [4.69, 9.17) is 19.9 Å². The normalized spacial score (nSPS) is 15.4. The van der Waals surface area contributed by atoms with Crippen molar-refractivity contribution < 1.29 is 90.7 Å². The predicted octanol–water partition coefficient (Wildman–Crippen LogP) is 3.61. The van der Waals surface area contributed by atoms with Crippen LogP contribution in [0.1, 0.15) is 132 Å². The smallest absolute Gasteiger partial charge is 0.408 e. The van der Waals surface area contributed by atoms with E-state index in [1.54, 1.807) is 159 Å². The Morgan fingerprint density at radius 1 is 0.559 bits per heavy atom. The molecular formula is C79H106N12O19S. The van der Waals surface area contributed by atoms with Crippen molar-refractivity contribution in [2.45, 2.75) is 206 Å². The highest BCUT2D eigenvalue weighted by Gasteiger charge is 2.42. The molecule has 14 N–H and O–H groups in total. The number of nitrogens with zero attached hydrogens (tertiary/aromatic N) is 2. The van der Waals surface area contributed by atoms with Crippen molar-refractivity contribution in [3.05, 3.63) is 166 Å². The number of guanidine groups is 1. The molecule has 0 unspecified atom stereocenters. The molecule has 0 saturated carbocycles. The number of nitrogens with one attached hydrogen (secondary N) is 9. The highest BCUT2D eigenvalue weighted by molar-refractivity contribution is 7.90. The highest BCUT2D eigenvalue weighted by atomic mass is 32.2. The number of phenols is 1. The number of ether oxygens (including phenoxy) is 3. The number of amides is 9. The van der Waals surface area contributed by atoms with Gasteiger partial charge in [0.15, 0.2) is 0 Å². The van der Waals surface area contributed by atoms with Crippen molar-refractivity contribution in [1.82, 2.24) is 52.2 Å². The minimum absolute atomic E-state index is 0.00257. The molecule has 1 aliphatic heterocycles. The number of aliphatic imine (C=N–C) groups is 1. The molecule has 0 radical (unpaired) electrons. The molecule has 32 heteroatoms. The van der Waals surface area contributed by atoms with E-state index < -0.39 is 161 Å². The SMILES string of the molecule is Cc1cc(C)c(S(=O)(=O)NC(N)=NCCC[C@H](NC(=O)[C@H](CC(C)C)NC(=O)[C@@H](CC(=O)OCc2ccccc2)NC(=O)[C@@H](CC(C)C)NC(=O)[C@@H](NC(=O)[C@@H](NC(=O)[C@@H]2CCCN2C(=O)[C@H](CO)NC(=O)OCc2ccccc2)C(C)C)[C@@H](C)O)C(=O)N[C@@H](Cc2ccc(O)cc2)C(=O)OCc2ccccc2)c(C)c1. The van der Waals surface area contributed by atoms with Crippen LogP contribution in [-0.2, 0) is 98.4 Å². The third kappa shape index (κ3) is 28.8. The summed E-state index contributed by atoms with van der Waals surface area (Å²) in [6, 6.07) is 21.4. The first-order valence-corrected chi connectivity index (χ1v) is 38.4. The Morgan fingerprint density at radius 2 is 1.04 bits per heavy atom. The number of likely N-dealkylation sites (tertiary alicyclic amines) is 1. The molecule has 6 rings (SSSR count). The van der Waals surface area contributed by atoms with Gasteiger partial charge in [-0.05, 0) is 129 Å². The van der Waals surface area contributed by atoms with Crippen molar-refractivity contribution >= 4 is 81.3 Å². The second-order valence-electron chi connectivity index (χ2n) is 28.7. The van der Waals surface area contributed by atoms with Gasteiger partial charge in [0.05, 0.1) is 24.0 Å². The van der Waals surface area contributed by atoms with Gasteiger partial charge in [-0.1, -0.05) is 162 Å². The van der Waals surface area contributed by atoms with E-state index in [2.05, 4.69) is 52.2 Å². The lowest BCUT2D eigenvalue weighted by molar-refractivity contribution is -0.149. The fourth-order valence-electron chi connectivity index (χ4n) is 12.4. The van der Waals surface area contributed by atoms with Gasteiger partial charge in [-0.2, -0.15) is 0 Å². The molecule has 5 aromatic rings. The molecule has 111 heavy (non-hydrogen) atoms. The Bertz CT molecular complexity index is 4110. The molecule has 0 aromatic heterocycles. The van der Waals surface area contributed by atoms with Gasteiger partial charge in [-0.25, -0.2) is 22.7 Å². The maximum atomic E-state index is 15.0. The molecule has 602 valence electrons. The van der Waals surface area contributed by atoms with Gasteiger partial charge in [0.25, 0.3) is 10.0 Å². The number of nitrogens with two attached hydrogens (primary N) is 1. The number of sulfonamides is 1. The number of carbonyl (C=O) groups is 11. The van der Waals surface area contributed by atoms with Gasteiger partial charge in [0, 0.05) is 19.5 Å². The van der Waals surface area contributed by atoms with Gasteiger partial charge in [0.2, 0.25) is 53.2 Å². The summed E-state index contributed by atoms with van der Waals surface area (Å²) in [5, 5.41) is 52.1. The molecule has 0 bridgehead atoms. The van der Waals surface area contributed by atoms with E-state index in [0.29, 0.717) is 39.8 Å². The predicted molar refractivity (Wildman–Crippen MR) is 410 cm³/mol. The summed E-state index contributed by atoms with van der Waals surface area (Å²) >= 11 is 0. The Hall–Kier alpha value is -11.0. The number of hydrogen-bond acceptors (Lipinski definition) is 20. The summed E-state index contributed by atoms with van der Waals surface area (Å²) in [4.78, 5) is 162. The topological polar surface area (TPSA) is 460 Å². The molecule has 0 spiro atoms. The van der Waals surface area contributed by atoms with E-state index >= 15 is 0 Å². The monoisotopic (exact) mass is 1560 g/mol. The lowest BCUT2D eigenvalue weighted by Gasteiger charge is -2.31. The first kappa shape index (κ1) is 88.9. The molecule has 1 aliphatic rings. The van der Waals surface area contributed by atoms with Crippen molar-refractivity contribution in [3.63, 3.8) is 0 Å². The third-order valence-corrected chi connectivity index (χ3v) is 19.6. The number of rotatable bonds is 40. The molecule has 9 amide bonds. The maximum absolute atomic E-state index is 15.0. The molecule has 1 saturated heterocycles. The van der Waals surface area contributed by atoms with Crippen molar-refractivity contribution in [2.24, 2.45) is 28.5 Å². The highest BCUT2D eigenvalue weighted by Crippen LogP contribution is 2.24. The van der Waals surface area contributed by atoms with Crippen LogP contribution < -0.4 is 53.0 Å². The first-order valence-electron chi connectivity index (χ1n) is 36.9. The first-order chi connectivity index (χ1) is 52.6. The average Bonchev–Trinajstić information content (AvgIpc) is 1.25. The van der Waals surface area contributed by atoms with Gasteiger partial charge in [-0.15, -0.1) is 0 Å². The van der Waals surface area contributed by atoms with Crippen LogP contribution in [0, 0.1) is 38.5 Å². The number of phenolic OH excluding ortho intramolecular Hbond substituents is 1. The Balaban J connectivity index is 1.23. The molecular weight excluding hydrogens is 1450 g/mol. The lowest BCUT2D eigenvalue weighted by atomic mass is 9.99. The van der Waals surface area contributed by atoms with Gasteiger partial charge < -0.3 is 82.7 Å². The van der Waals surface area contributed by atoms with Crippen LogP contribution in [0.15, 0.2) is 137 Å². The third-order valence-electron chi connectivity index (χ3n) is 17.9. The Kier molecular flexibility index (Phi) is 34.8. The van der Waals surface area contributed by atoms with Gasteiger partial charge >= 0.3 is 18.0 Å². The maximum Gasteiger partial charge on any atom is 0.408 e. The van der Waals surface area contributed by atoms with E-state index in [9.17, 15) is 76.5 Å². The molecule has 5 aromatic carbocycles. The number of alkyl carbamates (subject to hydrolysis) is 1. The Labute approximate surface area is 647 Å². The van der Waals surface area contributed by atoms with Crippen LogP contribution in [0.4, 0.5) is 4.79 Å². The fourth-order valence-corrected chi connectivity index (χ4v) is 13.8. The number of aromatic hydroxyl groups is 1. The number of carbonyl (C=O) groups excluding carboxylic acids is 11. The zero-order valence-corrected chi connectivity index (χ0v) is 65.1. The molecule has 0 aliphatic carbocycles. The van der Waals surface area contributed by atoms with Crippen LogP contribution in [0.2, 0.25) is 0 Å². The second kappa shape index (κ2) is 43.4. The van der Waals surface area contributed by atoms with Crippen LogP contribution in [0.5, 0.6) is 5.75 Å². The molecule has 31 nitrogen and oxygen atoms in total. The Morgan fingerprint density at radius 3 is 1.56 bits per heavy atom. The van der Waals surface area contributed by atoms with Crippen molar-refractivity contribution in [2.75, 3.05) is 19.7 Å². The van der Waals surface area contributed by atoms with E-state index in [0.717, 1.165) is 5.56 Å². The molecule has 1 fully saturated rings. The van der Waals surface area contributed by atoms with Gasteiger partial charge in [-0.3, -0.25) is 48.1 Å². The van der Waals surface area contributed by atoms with Crippen LogP contribution >= 0.6 is 0 Å². The minimum atomic E-state index is -4.24. The minimum Gasteiger partial charge on any atom is -0.508 e. The van der Waals surface area contributed by atoms with Crippen LogP contribution in [-0.4, -0.2) is 180 Å². The van der Waals surface area contributed by atoms with E-state index in [-0.39, 0.29) is 93.9 Å². The summed E-state index contributed by atoms with van der Waals surface area (Å²) in [6.07, 6.45) is -3.78. The summed E-state index contributed by atoms with van der Waals surface area (Å²) in [5.74, 6) is -11.5. The molecule has 10 atom stereocenters. The van der Waals surface area contributed by atoms with Crippen molar-refractivity contribution in [3.8, 4) is 5.75 Å². The number of aryl methyl sites for hydroxylation is 3. The summed E-state index contributed by atoms with van der Waals surface area (Å²) in [6.45, 7) is 14.8. The van der Waals surface area contributed by atoms with Gasteiger partial charge in [0.1, 0.15) is 79.9 Å². The quantitative estimate of drug-likeness (QED) is 0.00875. The lowest BCUT2D eigenvalue weighted by Crippen LogP contribution is -2.62. The second-order valence-corrected chi connectivity index (χ2v) is 30.3. The summed E-state index contributed by atoms with van der Waals surface area (Å²) < 4.78 is 46.0. The summed E-state index contributed by atoms with van der Waals surface area (Å²) in [5.41, 5.74) is 10.3. The summed E-state index contributed by atoms with van der Waals surface area (Å²) in [7, 11) is -4.24. The van der Waals surface area contributed by atoms with Crippen LogP contribution in [0.25, 0.3) is 0 Å². The standard InChI is InChI=1S/C79H106N12O19S/c1-46(2)36-59(70(97)82-58(28-20-34-81-78(80)90-111(106,107)68-50(8)38-49(7)39-51(68)9)69(96)86-62(40-53-30-32-57(94)33-31-53)77(104)109-44-55-24-16-12-17-25-55)83-72(99)61(41-65(95)108-43-54-22-14-11-15-23-54)84-71(98)60(37-47(3)4)85-75(102)67(52(10)93)89-74(101)66(48(5)6)88-73(100)64-29-21-35-91(64)76(103)63(42-92)87-79(105)110-45-56-26-18-13-19-27-56/h11-19,22-27,30-33,38-39,46-48,52,58-64,66-67,92-94H,20-21,28-29,34-37,40-45H2,1-10H3,(H,82,97)(H,83,99)(H,84,98)(H,85,102)(H,86,96)(H,87,105)(H,88,100)(H,89,101)(H3,80,81,90)/t52-,58+,59+,60-,61-,62+,63+,64+,66+,67+/m1/s1. The zero-order valence-electron chi connectivity index (χ0n) is 64.3. The van der Waals surface area contributed by atoms with Crippen LogP contribution in [0.3, 0.4) is 0 Å². The average molecular weight is 1560 g/mol. The fraction of sp³-hybridized carbons (Fsp3) is 0.468. The van der Waals surface area contributed by atoms with E-state index in [1.165, 1.54) is 36.1 Å². The van der Waals surface area contributed by atoms with Crippen molar-refractivity contribution in [1.29, 1.82) is 0 Å². The zero-order chi connectivity index (χ0) is 81.6. The number of aliphatic hydroxyl groups is 2. The number of aliphatic hydroxyl groups excluding tert-OH is 2. The largest absolute Gasteiger partial charge is 0.508 e. The number of esters is 2. The number of hydrogen-bond donors (Lipinski definition) is 13. The molecule has 1 heterocycles. The number of benzene rings is 5.